The van der Waals surface area contributed by atoms with Gasteiger partial charge in [0.05, 0.1) is 17.1 Å². The Balaban J connectivity index is 1.17. The summed E-state index contributed by atoms with van der Waals surface area (Å²) < 4.78 is 8.23. The number of benzene rings is 1. The van der Waals surface area contributed by atoms with Crippen LogP contribution in [0, 0.1) is 64.6 Å². The van der Waals surface area contributed by atoms with Crippen molar-refractivity contribution in [1.29, 1.82) is 0 Å². The van der Waals surface area contributed by atoms with Crippen molar-refractivity contribution in [2.45, 2.75) is 152 Å². The molecular formula is C47H66N2O4. The normalized spacial score (nSPS) is 42.6. The summed E-state index contributed by atoms with van der Waals surface area (Å²) in [6.07, 6.45) is 22.2. The average Bonchev–Trinajstić information content (AvgIpc) is 3.82. The Bertz CT molecular complexity index is 1720. The van der Waals surface area contributed by atoms with Crippen LogP contribution in [0.1, 0.15) is 138 Å². The van der Waals surface area contributed by atoms with E-state index in [0.29, 0.717) is 53.1 Å². The van der Waals surface area contributed by atoms with Crippen LogP contribution in [0.25, 0.3) is 0 Å². The topological polar surface area (TPSA) is 112 Å². The molecule has 1 aromatic heterocycles. The summed E-state index contributed by atoms with van der Waals surface area (Å²) in [6.45, 7) is 5.07. The zero-order valence-electron chi connectivity index (χ0n) is 32.6. The molecule has 6 heteroatoms. The first kappa shape index (κ1) is 36.3. The van der Waals surface area contributed by atoms with E-state index >= 15 is 0 Å². The Labute approximate surface area is 318 Å². The number of ether oxygens (including phenoxy) is 1. The number of hydrogen-bond donors (Lipinski definition) is 5. The number of rotatable bonds is 7. The minimum atomic E-state index is -0.632. The maximum absolute atomic E-state index is 11.3. The number of H-pyrrole nitrogens is 1. The molecule has 2 saturated heterocycles. The second kappa shape index (κ2) is 13.7. The van der Waals surface area contributed by atoms with E-state index in [2.05, 4.69) is 49.0 Å². The molecule has 6 aliphatic carbocycles. The van der Waals surface area contributed by atoms with Gasteiger partial charge in [0.1, 0.15) is 5.75 Å². The summed E-state index contributed by atoms with van der Waals surface area (Å²) in [5.41, 5.74) is 12.3. The second-order valence-corrected chi connectivity index (χ2v) is 19.7. The predicted molar refractivity (Wildman–Crippen MR) is 209 cm³/mol. The number of nitrogens with one attached hydrogen (secondary N) is 1. The van der Waals surface area contributed by atoms with Gasteiger partial charge in [0.25, 0.3) is 0 Å². The fourth-order valence-corrected chi connectivity index (χ4v) is 15.0. The lowest BCUT2D eigenvalue weighted by molar-refractivity contribution is -0.362. The van der Waals surface area contributed by atoms with Crippen LogP contribution in [0.3, 0.4) is 0 Å². The van der Waals surface area contributed by atoms with Crippen molar-refractivity contribution in [3.8, 4) is 17.6 Å². The van der Waals surface area contributed by atoms with Crippen LogP contribution in [0.15, 0.2) is 30.5 Å². The lowest BCUT2D eigenvalue weighted by atomic mass is 9.38. The van der Waals surface area contributed by atoms with Crippen LogP contribution in [-0.4, -0.2) is 50.3 Å². The molecular weight excluding hydrogens is 657 g/mol. The highest BCUT2D eigenvalue weighted by atomic mass is 16.5. The van der Waals surface area contributed by atoms with Crippen LogP contribution in [0.4, 0.5) is 0 Å². The van der Waals surface area contributed by atoms with Gasteiger partial charge in [-0.1, -0.05) is 37.7 Å². The van der Waals surface area contributed by atoms with Crippen molar-refractivity contribution >= 4 is 0 Å². The quantitative estimate of drug-likeness (QED) is 0.185. The van der Waals surface area contributed by atoms with E-state index in [1.807, 2.05) is 12.1 Å². The first-order valence-electron chi connectivity index (χ1n) is 21.8. The highest BCUT2D eigenvalue weighted by molar-refractivity contribution is 5.40. The molecule has 6 N–H and O–H groups in total. The van der Waals surface area contributed by atoms with Crippen LogP contribution < -0.4 is 5.73 Å². The molecule has 5 saturated carbocycles. The van der Waals surface area contributed by atoms with Crippen molar-refractivity contribution in [2.75, 3.05) is 13.2 Å². The number of fused-ring (bicyclic) bond motifs is 4. The summed E-state index contributed by atoms with van der Waals surface area (Å²) in [5, 5.41) is 31.7. The van der Waals surface area contributed by atoms with Crippen LogP contribution in [0.5, 0.6) is 5.75 Å². The van der Waals surface area contributed by atoms with Gasteiger partial charge in [-0.15, -0.1) is 0 Å². The fraction of sp³-hybridized carbons (Fsp3) is 0.745. The monoisotopic (exact) mass is 723 g/mol. The van der Waals surface area contributed by atoms with Crippen molar-refractivity contribution in [1.82, 2.24) is 4.98 Å². The molecule has 1 aromatic carbocycles. The van der Waals surface area contributed by atoms with Gasteiger partial charge in [0.2, 0.25) is 0 Å². The lowest BCUT2D eigenvalue weighted by Gasteiger charge is -2.75. The van der Waals surface area contributed by atoms with E-state index in [4.69, 9.17) is 10.5 Å². The molecule has 0 unspecified atom stereocenters. The van der Waals surface area contributed by atoms with Crippen LogP contribution in [-0.2, 0) is 24.0 Å². The number of aliphatic hydroxyl groups excluding tert-OH is 2. The van der Waals surface area contributed by atoms with E-state index in [-0.39, 0.29) is 31.0 Å². The molecule has 6 bridgehead atoms. The first-order chi connectivity index (χ1) is 25.6. The van der Waals surface area contributed by atoms with Gasteiger partial charge in [-0.2, -0.15) is 0 Å². The third-order valence-corrected chi connectivity index (χ3v) is 17.1. The number of aliphatic hydroxyl groups is 2. The van der Waals surface area contributed by atoms with Crippen LogP contribution in [0.2, 0.25) is 0 Å². The summed E-state index contributed by atoms with van der Waals surface area (Å²) >= 11 is 0. The highest BCUT2D eigenvalue weighted by Gasteiger charge is 2.76. The molecule has 10 rings (SSSR count). The van der Waals surface area contributed by atoms with Gasteiger partial charge in [-0.05, 0) is 173 Å². The molecule has 12 atom stereocenters. The molecule has 2 aromatic rings. The molecule has 6 nitrogen and oxygen atoms in total. The third-order valence-electron chi connectivity index (χ3n) is 17.1. The number of aryl methyl sites for hydroxylation is 1. The fourth-order valence-electron chi connectivity index (χ4n) is 15.0. The number of aromatic hydroxyl groups is 1. The molecule has 288 valence electrons. The first-order valence-corrected chi connectivity index (χ1v) is 21.8. The minimum absolute atomic E-state index is 0.000512. The van der Waals surface area contributed by atoms with E-state index in [9.17, 15) is 15.3 Å². The Kier molecular flexibility index (Phi) is 9.41. The predicted octanol–water partition coefficient (Wildman–Crippen LogP) is 8.21. The molecule has 2 aliphatic heterocycles. The maximum atomic E-state index is 11.3. The number of aromatic amines is 1. The standard InChI is InChI=1S/C47H66N2O4/c1-3-30-22-41(49-28-30)40-24-36(14-11-32(40)9-7-19-50)44(2)43-35-12-15-37(29-51)47(43,48)42-10-6-8-33-23-39(52)16-13-34(33)20-31-21-38(46(42,26-35)53-44)27-45(25-31)17-4-5-18-45/h13,16,22-23,28,31-32,35-38,40,42-43,49-52H,3-5,7-9,11-12,14-15,17-21,24-27,29,48H2,1-2H3/t31-,32-,35+,36+,37-,38+,40-,42-,43+,44-,46-,47+/m1/s1. The van der Waals surface area contributed by atoms with Gasteiger partial charge in [0, 0.05) is 54.8 Å². The molecule has 53 heavy (non-hydrogen) atoms. The minimum Gasteiger partial charge on any atom is -0.508 e. The van der Waals surface area contributed by atoms with Crippen molar-refractivity contribution in [3.05, 3.63) is 52.8 Å². The van der Waals surface area contributed by atoms with Crippen LogP contribution >= 0.6 is 0 Å². The zero-order valence-corrected chi connectivity index (χ0v) is 32.6. The SMILES string of the molecule is CCc1c[nH]c([C@@H]2C[C@@H]([C@@]3(C)O[C@@]45C[C@@H]6CC[C@H](CO)[C@](N)([C@@H]4C#CCc4cc(O)ccc4C[C@@H]4C[C@H]5CC5(CCCC5)C4)[C@@H]63)CC[C@H]2CCCO)c1. The Morgan fingerprint density at radius 1 is 0.981 bits per heavy atom. The van der Waals surface area contributed by atoms with Gasteiger partial charge >= 0.3 is 0 Å². The van der Waals surface area contributed by atoms with E-state index in [1.165, 1.54) is 55.3 Å². The maximum Gasteiger partial charge on any atom is 0.115 e. The molecule has 0 radical (unpaired) electrons. The number of aromatic nitrogens is 1. The summed E-state index contributed by atoms with van der Waals surface area (Å²) in [6, 6.07) is 8.40. The molecule has 3 heterocycles. The molecule has 0 amide bonds. The van der Waals surface area contributed by atoms with Crippen molar-refractivity contribution in [2.24, 2.45) is 58.5 Å². The van der Waals surface area contributed by atoms with E-state index in [0.717, 1.165) is 76.2 Å². The van der Waals surface area contributed by atoms with E-state index in [1.54, 1.807) is 0 Å². The zero-order chi connectivity index (χ0) is 36.6. The number of phenols is 1. The largest absolute Gasteiger partial charge is 0.508 e. The second-order valence-electron chi connectivity index (χ2n) is 19.7. The summed E-state index contributed by atoms with van der Waals surface area (Å²) in [4.78, 5) is 3.72. The number of phenolic OH excluding ortho intramolecular Hbond substituents is 1. The number of nitrogens with two attached hydrogens (primary N) is 1. The molecule has 2 spiro atoms. The van der Waals surface area contributed by atoms with Gasteiger partial charge < -0.3 is 30.8 Å². The Morgan fingerprint density at radius 3 is 2.60 bits per heavy atom. The summed E-state index contributed by atoms with van der Waals surface area (Å²) in [7, 11) is 0. The van der Waals surface area contributed by atoms with Crippen molar-refractivity contribution < 1.29 is 20.1 Å². The smallest absolute Gasteiger partial charge is 0.115 e. The van der Waals surface area contributed by atoms with E-state index < -0.39 is 16.7 Å². The Hall–Kier alpha value is -2.30. The average molecular weight is 723 g/mol. The third kappa shape index (κ3) is 5.79. The lowest BCUT2D eigenvalue weighted by Crippen LogP contribution is -2.84. The number of hydrogen-bond acceptors (Lipinski definition) is 5. The highest BCUT2D eigenvalue weighted by Crippen LogP contribution is 2.71. The van der Waals surface area contributed by atoms with Gasteiger partial charge in [-0.3, -0.25) is 0 Å². The van der Waals surface area contributed by atoms with Crippen molar-refractivity contribution in [3.63, 3.8) is 0 Å². The summed E-state index contributed by atoms with van der Waals surface area (Å²) in [5.74, 6) is 10.7. The Morgan fingerprint density at radius 2 is 1.83 bits per heavy atom. The van der Waals surface area contributed by atoms with Gasteiger partial charge in [-0.25, -0.2) is 0 Å². The van der Waals surface area contributed by atoms with Gasteiger partial charge in [0.15, 0.2) is 0 Å². The molecule has 8 aliphatic rings. The molecule has 7 fully saturated rings.